The third-order valence-corrected chi connectivity index (χ3v) is 3.15. The van der Waals surface area contributed by atoms with E-state index in [2.05, 4.69) is 22.2 Å². The Bertz CT molecular complexity index is 502. The fraction of sp³-hybridized carbons (Fsp3) is 0.231. The van der Waals surface area contributed by atoms with Gasteiger partial charge in [-0.25, -0.2) is 14.4 Å². The van der Waals surface area contributed by atoms with E-state index in [1.165, 1.54) is 23.9 Å². The number of hydrogen-bond acceptors (Lipinski definition) is 4. The van der Waals surface area contributed by atoms with Gasteiger partial charge in [0.15, 0.2) is 5.16 Å². The number of halogens is 1. The zero-order valence-electron chi connectivity index (χ0n) is 10.1. The molecule has 5 heteroatoms. The van der Waals surface area contributed by atoms with E-state index in [0.29, 0.717) is 5.16 Å². The van der Waals surface area contributed by atoms with Crippen molar-refractivity contribution in [2.24, 2.45) is 0 Å². The van der Waals surface area contributed by atoms with E-state index < -0.39 is 0 Å². The van der Waals surface area contributed by atoms with Gasteiger partial charge in [0.25, 0.3) is 0 Å². The molecule has 18 heavy (non-hydrogen) atoms. The molecule has 1 N–H and O–H groups in total. The standard InChI is InChI=1S/C13H14FN3S/c1-2-15-7-10-8-16-13(17-9-10)18-12-5-3-4-11(14)6-12/h3-6,8-9,15H,2,7H2,1H3. The van der Waals surface area contributed by atoms with Crippen molar-refractivity contribution in [1.29, 1.82) is 0 Å². The van der Waals surface area contributed by atoms with Gasteiger partial charge in [-0.2, -0.15) is 0 Å². The van der Waals surface area contributed by atoms with Crippen LogP contribution in [0.5, 0.6) is 0 Å². The molecule has 0 radical (unpaired) electrons. The first kappa shape index (κ1) is 13.0. The van der Waals surface area contributed by atoms with Crippen molar-refractivity contribution >= 4 is 11.8 Å². The molecule has 3 nitrogen and oxygen atoms in total. The number of benzene rings is 1. The molecule has 2 aromatic rings. The second kappa shape index (κ2) is 6.47. The maximum Gasteiger partial charge on any atom is 0.192 e. The van der Waals surface area contributed by atoms with Crippen LogP contribution < -0.4 is 5.32 Å². The van der Waals surface area contributed by atoms with Crippen LogP contribution >= 0.6 is 11.8 Å². The summed E-state index contributed by atoms with van der Waals surface area (Å²) in [7, 11) is 0. The van der Waals surface area contributed by atoms with Crippen molar-refractivity contribution in [1.82, 2.24) is 15.3 Å². The molecule has 0 amide bonds. The summed E-state index contributed by atoms with van der Waals surface area (Å²) in [4.78, 5) is 9.29. The number of aromatic nitrogens is 2. The minimum atomic E-state index is -0.247. The van der Waals surface area contributed by atoms with Gasteiger partial charge in [-0.15, -0.1) is 0 Å². The Labute approximate surface area is 110 Å². The predicted octanol–water partition coefficient (Wildman–Crippen LogP) is 2.88. The molecule has 0 fully saturated rings. The summed E-state index contributed by atoms with van der Waals surface area (Å²) in [6.45, 7) is 3.73. The van der Waals surface area contributed by atoms with E-state index in [1.54, 1.807) is 18.5 Å². The molecule has 0 aliphatic rings. The van der Waals surface area contributed by atoms with Crippen LogP contribution in [-0.4, -0.2) is 16.5 Å². The molecule has 94 valence electrons. The van der Waals surface area contributed by atoms with Gasteiger partial charge < -0.3 is 5.32 Å². The van der Waals surface area contributed by atoms with Gasteiger partial charge in [-0.3, -0.25) is 0 Å². The maximum atomic E-state index is 13.0. The smallest absolute Gasteiger partial charge is 0.192 e. The lowest BCUT2D eigenvalue weighted by atomic mass is 10.3. The Balaban J connectivity index is 2.02. The van der Waals surface area contributed by atoms with Gasteiger partial charge in [-0.05, 0) is 36.5 Å². The van der Waals surface area contributed by atoms with Crippen LogP contribution in [0.4, 0.5) is 4.39 Å². The van der Waals surface area contributed by atoms with E-state index in [1.807, 2.05) is 6.07 Å². The highest BCUT2D eigenvalue weighted by atomic mass is 32.2. The quantitative estimate of drug-likeness (QED) is 0.842. The first-order chi connectivity index (χ1) is 8.78. The summed E-state index contributed by atoms with van der Waals surface area (Å²) >= 11 is 1.35. The van der Waals surface area contributed by atoms with Crippen LogP contribution in [0.3, 0.4) is 0 Å². The first-order valence-corrected chi connectivity index (χ1v) is 6.54. The van der Waals surface area contributed by atoms with E-state index in [4.69, 9.17) is 0 Å². The molecule has 2 rings (SSSR count). The van der Waals surface area contributed by atoms with Gasteiger partial charge in [0.2, 0.25) is 0 Å². The Kier molecular flexibility index (Phi) is 4.66. The van der Waals surface area contributed by atoms with Crippen molar-refractivity contribution in [3.05, 3.63) is 48.0 Å². The molecule has 0 aliphatic heterocycles. The fourth-order valence-corrected chi connectivity index (χ4v) is 2.13. The molecule has 1 aromatic carbocycles. The number of hydrogen-bond donors (Lipinski definition) is 1. The molecule has 0 unspecified atom stereocenters. The van der Waals surface area contributed by atoms with Crippen molar-refractivity contribution in [2.75, 3.05) is 6.54 Å². The zero-order valence-corrected chi connectivity index (χ0v) is 10.9. The minimum absolute atomic E-state index is 0.247. The molecule has 0 aliphatic carbocycles. The van der Waals surface area contributed by atoms with Crippen LogP contribution in [0.2, 0.25) is 0 Å². The van der Waals surface area contributed by atoms with Crippen LogP contribution in [0, 0.1) is 5.82 Å². The van der Waals surface area contributed by atoms with Crippen LogP contribution in [0.15, 0.2) is 46.7 Å². The topological polar surface area (TPSA) is 37.8 Å². The SMILES string of the molecule is CCNCc1cnc(Sc2cccc(F)c2)nc1. The van der Waals surface area contributed by atoms with Gasteiger partial charge in [0.05, 0.1) is 0 Å². The summed E-state index contributed by atoms with van der Waals surface area (Å²) in [6.07, 6.45) is 3.58. The van der Waals surface area contributed by atoms with Gasteiger partial charge in [-0.1, -0.05) is 13.0 Å². The molecular weight excluding hydrogens is 249 g/mol. The van der Waals surface area contributed by atoms with Gasteiger partial charge in [0, 0.05) is 29.4 Å². The average molecular weight is 263 g/mol. The number of nitrogens with zero attached hydrogens (tertiary/aromatic N) is 2. The van der Waals surface area contributed by atoms with Crippen molar-refractivity contribution in [3.63, 3.8) is 0 Å². The Morgan fingerprint density at radius 1 is 1.28 bits per heavy atom. The highest BCUT2D eigenvalue weighted by Gasteiger charge is 2.02. The maximum absolute atomic E-state index is 13.0. The third kappa shape index (κ3) is 3.78. The van der Waals surface area contributed by atoms with Gasteiger partial charge >= 0.3 is 0 Å². The molecule has 0 saturated carbocycles. The fourth-order valence-electron chi connectivity index (χ4n) is 1.39. The number of rotatable bonds is 5. The van der Waals surface area contributed by atoms with E-state index >= 15 is 0 Å². The summed E-state index contributed by atoms with van der Waals surface area (Å²) in [5.41, 5.74) is 1.04. The molecule has 0 atom stereocenters. The van der Waals surface area contributed by atoms with Gasteiger partial charge in [0.1, 0.15) is 5.82 Å². The van der Waals surface area contributed by atoms with Crippen LogP contribution in [0.25, 0.3) is 0 Å². The highest BCUT2D eigenvalue weighted by Crippen LogP contribution is 2.24. The predicted molar refractivity (Wildman–Crippen MR) is 69.9 cm³/mol. The molecule has 0 spiro atoms. The largest absolute Gasteiger partial charge is 0.313 e. The second-order valence-electron chi connectivity index (χ2n) is 3.71. The van der Waals surface area contributed by atoms with Crippen LogP contribution in [-0.2, 0) is 6.54 Å². The Morgan fingerprint density at radius 2 is 2.06 bits per heavy atom. The van der Waals surface area contributed by atoms with E-state index in [0.717, 1.165) is 23.5 Å². The van der Waals surface area contributed by atoms with Crippen molar-refractivity contribution in [3.8, 4) is 0 Å². The number of nitrogens with one attached hydrogen (secondary N) is 1. The summed E-state index contributed by atoms with van der Waals surface area (Å²) in [6, 6.07) is 6.41. The summed E-state index contributed by atoms with van der Waals surface area (Å²) in [5, 5.41) is 3.83. The average Bonchev–Trinajstić information content (AvgIpc) is 2.38. The second-order valence-corrected chi connectivity index (χ2v) is 4.75. The van der Waals surface area contributed by atoms with E-state index in [-0.39, 0.29) is 5.82 Å². The van der Waals surface area contributed by atoms with Crippen molar-refractivity contribution < 1.29 is 4.39 Å². The molecule has 0 saturated heterocycles. The highest BCUT2D eigenvalue weighted by molar-refractivity contribution is 7.99. The molecule has 1 heterocycles. The summed E-state index contributed by atoms with van der Waals surface area (Å²) in [5.74, 6) is -0.247. The Hall–Kier alpha value is -1.46. The lowest BCUT2D eigenvalue weighted by molar-refractivity contribution is 0.624. The van der Waals surface area contributed by atoms with Crippen LogP contribution in [0.1, 0.15) is 12.5 Å². The normalized spacial score (nSPS) is 10.6. The third-order valence-electron chi connectivity index (χ3n) is 2.27. The first-order valence-electron chi connectivity index (χ1n) is 5.73. The molecule has 1 aromatic heterocycles. The zero-order chi connectivity index (χ0) is 12.8. The minimum Gasteiger partial charge on any atom is -0.313 e. The molecule has 0 bridgehead atoms. The summed E-state index contributed by atoms with van der Waals surface area (Å²) < 4.78 is 13.0. The van der Waals surface area contributed by atoms with E-state index in [9.17, 15) is 4.39 Å². The lowest BCUT2D eigenvalue weighted by Gasteiger charge is -2.03. The molecular formula is C13H14FN3S. The monoisotopic (exact) mass is 263 g/mol. The Morgan fingerprint density at radius 3 is 2.72 bits per heavy atom. The van der Waals surface area contributed by atoms with Crippen molar-refractivity contribution in [2.45, 2.75) is 23.5 Å². The lowest BCUT2D eigenvalue weighted by Crippen LogP contribution is -2.12.